The lowest BCUT2D eigenvalue weighted by atomic mass is 10.2. The number of rotatable bonds is 9. The molecule has 1 aliphatic rings. The predicted octanol–water partition coefficient (Wildman–Crippen LogP) is 2.15. The smallest absolute Gasteiger partial charge is 0.269 e. The van der Waals surface area contributed by atoms with Crippen molar-refractivity contribution in [1.29, 1.82) is 0 Å². The van der Waals surface area contributed by atoms with E-state index in [4.69, 9.17) is 9.15 Å². The second-order valence-electron chi connectivity index (χ2n) is 6.76. The molecule has 0 bridgehead atoms. The fraction of sp³-hybridized carbons (Fsp3) is 0.450. The molecule has 1 fully saturated rings. The summed E-state index contributed by atoms with van der Waals surface area (Å²) in [6.07, 6.45) is 2.64. The highest BCUT2D eigenvalue weighted by atomic mass is 16.6. The number of nitrogens with one attached hydrogen (secondary N) is 2. The maximum Gasteiger partial charge on any atom is 0.269 e. The van der Waals surface area contributed by atoms with Gasteiger partial charge in [0.05, 0.1) is 37.5 Å². The van der Waals surface area contributed by atoms with Crippen LogP contribution in [0.4, 0.5) is 5.69 Å². The molecule has 0 saturated carbocycles. The summed E-state index contributed by atoms with van der Waals surface area (Å²) in [6.45, 7) is 6.35. The highest BCUT2D eigenvalue weighted by Crippen LogP contribution is 2.12. The Morgan fingerprint density at radius 2 is 1.97 bits per heavy atom. The van der Waals surface area contributed by atoms with E-state index in [0.29, 0.717) is 19.0 Å². The quantitative estimate of drug-likeness (QED) is 0.218. The molecular formula is C20H27N5O4. The van der Waals surface area contributed by atoms with Gasteiger partial charge in [0.2, 0.25) is 0 Å². The number of furan rings is 1. The van der Waals surface area contributed by atoms with Crippen LogP contribution in [-0.4, -0.2) is 55.2 Å². The molecule has 0 aliphatic carbocycles. The molecule has 1 saturated heterocycles. The molecule has 2 N–H and O–H groups in total. The van der Waals surface area contributed by atoms with Gasteiger partial charge in [0.25, 0.3) is 5.69 Å². The molecule has 0 radical (unpaired) electrons. The third kappa shape index (κ3) is 7.20. The Bertz CT molecular complexity index is 771. The number of nitrogens with zero attached hydrogens (tertiary/aromatic N) is 3. The fourth-order valence-corrected chi connectivity index (χ4v) is 2.99. The molecule has 0 unspecified atom stereocenters. The summed E-state index contributed by atoms with van der Waals surface area (Å²) in [5, 5.41) is 17.4. The van der Waals surface area contributed by atoms with Gasteiger partial charge < -0.3 is 19.8 Å². The van der Waals surface area contributed by atoms with Crippen LogP contribution in [0.3, 0.4) is 0 Å². The Morgan fingerprint density at radius 1 is 1.17 bits per heavy atom. The first kappa shape index (κ1) is 20.8. The number of hydrogen-bond acceptors (Lipinski definition) is 6. The van der Waals surface area contributed by atoms with Gasteiger partial charge >= 0.3 is 0 Å². The van der Waals surface area contributed by atoms with Crippen LogP contribution in [-0.2, 0) is 17.8 Å². The number of nitro benzene ring substituents is 1. The van der Waals surface area contributed by atoms with E-state index in [1.165, 1.54) is 12.1 Å². The Hall–Kier alpha value is -2.91. The van der Waals surface area contributed by atoms with E-state index in [0.717, 1.165) is 57.1 Å². The van der Waals surface area contributed by atoms with Crippen molar-refractivity contribution in [2.45, 2.75) is 19.5 Å². The van der Waals surface area contributed by atoms with Crippen LogP contribution in [0.25, 0.3) is 0 Å². The van der Waals surface area contributed by atoms with Crippen LogP contribution in [0, 0.1) is 10.1 Å². The van der Waals surface area contributed by atoms with E-state index in [1.807, 2.05) is 12.1 Å². The maximum absolute atomic E-state index is 10.8. The average Bonchev–Trinajstić information content (AvgIpc) is 3.27. The van der Waals surface area contributed by atoms with Crippen molar-refractivity contribution in [2.75, 3.05) is 39.4 Å². The molecule has 9 nitrogen and oxygen atoms in total. The first-order valence-corrected chi connectivity index (χ1v) is 9.79. The van der Waals surface area contributed by atoms with Gasteiger partial charge in [-0.25, -0.2) is 4.99 Å². The maximum atomic E-state index is 10.8. The van der Waals surface area contributed by atoms with Crippen molar-refractivity contribution >= 4 is 11.6 Å². The van der Waals surface area contributed by atoms with E-state index in [2.05, 4.69) is 20.5 Å². The monoisotopic (exact) mass is 401 g/mol. The molecule has 3 rings (SSSR count). The van der Waals surface area contributed by atoms with Crippen molar-refractivity contribution in [2.24, 2.45) is 4.99 Å². The number of nitro groups is 1. The lowest BCUT2D eigenvalue weighted by Gasteiger charge is -2.26. The first-order valence-electron chi connectivity index (χ1n) is 9.79. The zero-order chi connectivity index (χ0) is 20.3. The number of aliphatic imine (C=N–C) groups is 1. The Balaban J connectivity index is 1.51. The highest BCUT2D eigenvalue weighted by Gasteiger charge is 2.09. The highest BCUT2D eigenvalue weighted by molar-refractivity contribution is 5.79. The van der Waals surface area contributed by atoms with Crippen LogP contribution in [0.5, 0.6) is 0 Å². The Labute approximate surface area is 169 Å². The van der Waals surface area contributed by atoms with Crippen molar-refractivity contribution < 1.29 is 14.1 Å². The third-order valence-corrected chi connectivity index (χ3v) is 4.62. The van der Waals surface area contributed by atoms with Gasteiger partial charge in [0.1, 0.15) is 5.76 Å². The van der Waals surface area contributed by atoms with Gasteiger partial charge in [0.15, 0.2) is 5.96 Å². The normalized spacial score (nSPS) is 15.2. The van der Waals surface area contributed by atoms with E-state index >= 15 is 0 Å². The van der Waals surface area contributed by atoms with Crippen molar-refractivity contribution in [3.8, 4) is 0 Å². The van der Waals surface area contributed by atoms with E-state index in [-0.39, 0.29) is 5.69 Å². The molecule has 9 heteroatoms. The number of hydrogen-bond donors (Lipinski definition) is 2. The minimum absolute atomic E-state index is 0.0788. The van der Waals surface area contributed by atoms with Gasteiger partial charge in [-0.2, -0.15) is 0 Å². The standard InChI is InChI=1S/C20H27N5O4/c26-25(27)18-6-4-17(5-7-18)15-22-20(23-16-19-3-1-12-29-19)21-8-2-9-24-10-13-28-14-11-24/h1,3-7,12H,2,8-11,13-16H2,(H2,21,22,23). The SMILES string of the molecule is O=[N+]([O-])c1ccc(CN=C(NCCCN2CCOCC2)NCc2ccco2)cc1. The van der Waals surface area contributed by atoms with Gasteiger partial charge in [-0.3, -0.25) is 15.0 Å². The molecule has 2 aromatic rings. The summed E-state index contributed by atoms with van der Waals surface area (Å²) in [5.74, 6) is 1.50. The van der Waals surface area contributed by atoms with Crippen molar-refractivity contribution in [3.05, 3.63) is 64.1 Å². The predicted molar refractivity (Wildman–Crippen MR) is 110 cm³/mol. The zero-order valence-corrected chi connectivity index (χ0v) is 16.4. The van der Waals surface area contributed by atoms with Crippen LogP contribution >= 0.6 is 0 Å². The Kier molecular flexibility index (Phi) is 8.02. The summed E-state index contributed by atoms with van der Waals surface area (Å²) in [5.41, 5.74) is 0.984. The fourth-order valence-electron chi connectivity index (χ4n) is 2.99. The topological polar surface area (TPSA) is 105 Å². The number of guanidine groups is 1. The van der Waals surface area contributed by atoms with Crippen LogP contribution in [0.15, 0.2) is 52.1 Å². The summed E-state index contributed by atoms with van der Waals surface area (Å²) >= 11 is 0. The van der Waals surface area contributed by atoms with E-state index < -0.39 is 4.92 Å². The first-order chi connectivity index (χ1) is 14.2. The second-order valence-corrected chi connectivity index (χ2v) is 6.76. The zero-order valence-electron chi connectivity index (χ0n) is 16.4. The molecule has 29 heavy (non-hydrogen) atoms. The molecule has 1 aliphatic heterocycles. The molecule has 0 spiro atoms. The number of non-ortho nitro benzene ring substituents is 1. The van der Waals surface area contributed by atoms with Crippen LogP contribution in [0.1, 0.15) is 17.7 Å². The Morgan fingerprint density at radius 3 is 2.66 bits per heavy atom. The number of benzene rings is 1. The van der Waals surface area contributed by atoms with E-state index in [9.17, 15) is 10.1 Å². The molecule has 0 atom stereocenters. The summed E-state index contributed by atoms with van der Waals surface area (Å²) in [4.78, 5) is 17.4. The minimum Gasteiger partial charge on any atom is -0.467 e. The van der Waals surface area contributed by atoms with Crippen molar-refractivity contribution in [1.82, 2.24) is 15.5 Å². The van der Waals surface area contributed by atoms with Gasteiger partial charge in [-0.05, 0) is 30.7 Å². The van der Waals surface area contributed by atoms with Gasteiger partial charge in [0, 0.05) is 31.8 Å². The summed E-state index contributed by atoms with van der Waals surface area (Å²) in [7, 11) is 0. The number of morpholine rings is 1. The molecule has 2 heterocycles. The lowest BCUT2D eigenvalue weighted by Crippen LogP contribution is -2.40. The van der Waals surface area contributed by atoms with Crippen molar-refractivity contribution in [3.63, 3.8) is 0 Å². The summed E-state index contributed by atoms with van der Waals surface area (Å²) < 4.78 is 10.7. The van der Waals surface area contributed by atoms with E-state index in [1.54, 1.807) is 18.4 Å². The second kappa shape index (κ2) is 11.2. The molecule has 156 valence electrons. The molecule has 1 aromatic heterocycles. The molecule has 1 aromatic carbocycles. The van der Waals surface area contributed by atoms with Crippen LogP contribution in [0.2, 0.25) is 0 Å². The molecular weight excluding hydrogens is 374 g/mol. The molecule has 0 amide bonds. The van der Waals surface area contributed by atoms with Gasteiger partial charge in [-0.1, -0.05) is 12.1 Å². The number of ether oxygens (including phenoxy) is 1. The largest absolute Gasteiger partial charge is 0.467 e. The summed E-state index contributed by atoms with van der Waals surface area (Å²) in [6, 6.07) is 10.2. The average molecular weight is 401 g/mol. The lowest BCUT2D eigenvalue weighted by molar-refractivity contribution is -0.384. The van der Waals surface area contributed by atoms with Crippen LogP contribution < -0.4 is 10.6 Å². The third-order valence-electron chi connectivity index (χ3n) is 4.62. The minimum atomic E-state index is -0.403. The van der Waals surface area contributed by atoms with Gasteiger partial charge in [-0.15, -0.1) is 0 Å².